The van der Waals surface area contributed by atoms with Gasteiger partial charge in [0.1, 0.15) is 18.1 Å². The number of hydrazine groups is 1. The molecule has 1 aliphatic heterocycles. The summed E-state index contributed by atoms with van der Waals surface area (Å²) in [5.41, 5.74) is 5.63. The van der Waals surface area contributed by atoms with E-state index in [4.69, 9.17) is 25.0 Å². The lowest BCUT2D eigenvalue weighted by atomic mass is 9.92. The van der Waals surface area contributed by atoms with Crippen LogP contribution >= 0.6 is 15.9 Å². The van der Waals surface area contributed by atoms with Gasteiger partial charge < -0.3 is 19.1 Å². The molecule has 0 spiro atoms. The molecule has 4 rings (SSSR count). The van der Waals surface area contributed by atoms with Crippen molar-refractivity contribution in [2.75, 3.05) is 27.9 Å². The predicted octanol–water partition coefficient (Wildman–Crippen LogP) is 3.95. The van der Waals surface area contributed by atoms with Gasteiger partial charge in [0, 0.05) is 16.1 Å². The number of nitrogens with two attached hydrogens (primary N) is 1. The zero-order chi connectivity index (χ0) is 24.2. The van der Waals surface area contributed by atoms with Gasteiger partial charge >= 0.3 is 0 Å². The van der Waals surface area contributed by atoms with Crippen molar-refractivity contribution in [2.45, 2.75) is 6.04 Å². The van der Waals surface area contributed by atoms with Crippen molar-refractivity contribution in [1.82, 2.24) is 10.3 Å². The SMILES string of the molecule is COc1cc(OC)c(C2=Nc3ccc(Br)cc3[C@@H](c3ccccc3)N2CC(=O)NN)cc1OC. The van der Waals surface area contributed by atoms with Crippen molar-refractivity contribution in [1.29, 1.82) is 0 Å². The van der Waals surface area contributed by atoms with Crippen molar-refractivity contribution in [3.05, 3.63) is 81.8 Å². The molecular weight excluding hydrogens is 500 g/mol. The lowest BCUT2D eigenvalue weighted by molar-refractivity contribution is -0.121. The lowest BCUT2D eigenvalue weighted by Crippen LogP contribution is -2.46. The molecular formula is C25H25BrN4O4. The molecule has 3 aromatic carbocycles. The number of amides is 1. The van der Waals surface area contributed by atoms with Gasteiger partial charge in [-0.05, 0) is 29.8 Å². The molecule has 176 valence electrons. The van der Waals surface area contributed by atoms with E-state index in [0.29, 0.717) is 28.6 Å². The highest BCUT2D eigenvalue weighted by atomic mass is 79.9. The first-order valence-corrected chi connectivity index (χ1v) is 11.3. The third kappa shape index (κ3) is 4.44. The molecule has 0 radical (unpaired) electrons. The second kappa shape index (κ2) is 10.1. The molecule has 1 heterocycles. The summed E-state index contributed by atoms with van der Waals surface area (Å²) in [5, 5.41) is 0. The minimum atomic E-state index is -0.355. The summed E-state index contributed by atoms with van der Waals surface area (Å²) in [4.78, 5) is 19.5. The Labute approximate surface area is 206 Å². The van der Waals surface area contributed by atoms with Crippen LogP contribution in [0.3, 0.4) is 0 Å². The number of benzene rings is 3. The number of ether oxygens (including phenoxy) is 3. The van der Waals surface area contributed by atoms with Crippen LogP contribution in [0, 0.1) is 0 Å². The fraction of sp³-hybridized carbons (Fsp3) is 0.200. The number of hydrogen-bond donors (Lipinski definition) is 2. The summed E-state index contributed by atoms with van der Waals surface area (Å²) < 4.78 is 17.6. The van der Waals surface area contributed by atoms with Gasteiger partial charge in [0.15, 0.2) is 11.5 Å². The highest BCUT2D eigenvalue weighted by Crippen LogP contribution is 2.44. The summed E-state index contributed by atoms with van der Waals surface area (Å²) in [6.07, 6.45) is 0. The molecule has 0 aromatic heterocycles. The molecule has 1 amide bonds. The van der Waals surface area contributed by atoms with Crippen molar-refractivity contribution in [3.63, 3.8) is 0 Å². The standard InChI is InChI=1S/C25H25BrN4O4/c1-32-20-13-22(34-3)21(33-2)12-18(20)25-28-19-10-9-16(26)11-17(19)24(15-7-5-4-6-8-15)30(25)14-23(31)29-27/h4-13,24H,14,27H2,1-3H3,(H,29,31)/t24-/m1/s1. The molecule has 0 bridgehead atoms. The van der Waals surface area contributed by atoms with Crippen LogP contribution in [-0.4, -0.2) is 44.5 Å². The first kappa shape index (κ1) is 23.6. The van der Waals surface area contributed by atoms with Crippen LogP contribution < -0.4 is 25.5 Å². The van der Waals surface area contributed by atoms with Gasteiger partial charge in [0.25, 0.3) is 5.91 Å². The van der Waals surface area contributed by atoms with E-state index in [2.05, 4.69) is 21.4 Å². The van der Waals surface area contributed by atoms with E-state index in [-0.39, 0.29) is 18.5 Å². The highest BCUT2D eigenvalue weighted by molar-refractivity contribution is 9.10. The summed E-state index contributed by atoms with van der Waals surface area (Å²) >= 11 is 3.58. The number of fused-ring (bicyclic) bond motifs is 1. The third-order valence-electron chi connectivity index (χ3n) is 5.63. The van der Waals surface area contributed by atoms with Crippen molar-refractivity contribution in [2.24, 2.45) is 10.8 Å². The number of aliphatic imine (C=N–C) groups is 1. The van der Waals surface area contributed by atoms with Gasteiger partial charge in [0.2, 0.25) is 0 Å². The minimum absolute atomic E-state index is 0.0294. The van der Waals surface area contributed by atoms with Gasteiger partial charge in [-0.15, -0.1) is 0 Å². The summed E-state index contributed by atoms with van der Waals surface area (Å²) in [7, 11) is 4.70. The molecule has 1 atom stereocenters. The Balaban J connectivity index is 2.00. The largest absolute Gasteiger partial charge is 0.496 e. The van der Waals surface area contributed by atoms with E-state index in [9.17, 15) is 4.79 Å². The fourth-order valence-corrected chi connectivity index (χ4v) is 4.47. The summed E-state index contributed by atoms with van der Waals surface area (Å²) in [6.45, 7) is -0.0294. The normalized spacial score (nSPS) is 14.7. The van der Waals surface area contributed by atoms with Crippen molar-refractivity contribution < 1.29 is 19.0 Å². The number of halogens is 1. The van der Waals surface area contributed by atoms with Crippen molar-refractivity contribution >= 4 is 33.4 Å². The lowest BCUT2D eigenvalue weighted by Gasteiger charge is -2.38. The molecule has 0 aliphatic carbocycles. The highest BCUT2D eigenvalue weighted by Gasteiger charge is 2.35. The topological polar surface area (TPSA) is 98.4 Å². The van der Waals surface area contributed by atoms with Crippen LogP contribution in [0.5, 0.6) is 17.2 Å². The second-order valence-corrected chi connectivity index (χ2v) is 8.47. The zero-order valence-electron chi connectivity index (χ0n) is 19.0. The van der Waals surface area contributed by atoms with E-state index in [0.717, 1.165) is 21.3 Å². The van der Waals surface area contributed by atoms with Crippen LogP contribution in [-0.2, 0) is 4.79 Å². The Bertz CT molecular complexity index is 1230. The van der Waals surface area contributed by atoms with Gasteiger partial charge in [-0.1, -0.05) is 46.3 Å². The Morgan fingerprint density at radius 3 is 2.32 bits per heavy atom. The van der Waals surface area contributed by atoms with Gasteiger partial charge in [-0.3, -0.25) is 10.2 Å². The number of carbonyl (C=O) groups is 1. The Morgan fingerprint density at radius 1 is 1.00 bits per heavy atom. The van der Waals surface area contributed by atoms with E-state index in [1.165, 1.54) is 0 Å². The number of nitrogens with one attached hydrogen (secondary N) is 1. The van der Waals surface area contributed by atoms with Crippen LogP contribution in [0.1, 0.15) is 22.7 Å². The van der Waals surface area contributed by atoms with Gasteiger partial charge in [0.05, 0.1) is 38.6 Å². The average Bonchev–Trinajstić information content (AvgIpc) is 2.87. The predicted molar refractivity (Wildman–Crippen MR) is 134 cm³/mol. The molecule has 8 nitrogen and oxygen atoms in total. The first-order valence-electron chi connectivity index (χ1n) is 10.5. The molecule has 0 unspecified atom stereocenters. The molecule has 3 aromatic rings. The smallest absolute Gasteiger partial charge is 0.253 e. The number of amidine groups is 1. The Hall–Kier alpha value is -3.56. The number of hydrogen-bond acceptors (Lipinski definition) is 7. The average molecular weight is 525 g/mol. The molecule has 3 N–H and O–H groups in total. The second-order valence-electron chi connectivity index (χ2n) is 7.55. The van der Waals surface area contributed by atoms with E-state index in [1.807, 2.05) is 53.4 Å². The van der Waals surface area contributed by atoms with Crippen LogP contribution in [0.15, 0.2) is 70.1 Å². The van der Waals surface area contributed by atoms with Gasteiger partial charge in [-0.2, -0.15) is 0 Å². The van der Waals surface area contributed by atoms with Crippen LogP contribution in [0.4, 0.5) is 5.69 Å². The monoisotopic (exact) mass is 524 g/mol. The maximum Gasteiger partial charge on any atom is 0.253 e. The fourth-order valence-electron chi connectivity index (χ4n) is 4.09. The molecule has 0 saturated heterocycles. The zero-order valence-corrected chi connectivity index (χ0v) is 20.6. The summed E-state index contributed by atoms with van der Waals surface area (Å²) in [6, 6.07) is 19.1. The van der Waals surface area contributed by atoms with Crippen LogP contribution in [0.25, 0.3) is 0 Å². The Kier molecular flexibility index (Phi) is 7.04. The summed E-state index contributed by atoms with van der Waals surface area (Å²) in [5.74, 6) is 7.24. The van der Waals surface area contributed by atoms with Crippen molar-refractivity contribution in [3.8, 4) is 17.2 Å². The quantitative estimate of drug-likeness (QED) is 0.276. The Morgan fingerprint density at radius 2 is 1.68 bits per heavy atom. The van der Waals surface area contributed by atoms with Gasteiger partial charge in [-0.25, -0.2) is 10.8 Å². The molecule has 0 fully saturated rings. The maximum absolute atomic E-state index is 12.6. The third-order valence-corrected chi connectivity index (χ3v) is 6.12. The van der Waals surface area contributed by atoms with E-state index in [1.54, 1.807) is 33.5 Å². The number of carbonyl (C=O) groups excluding carboxylic acids is 1. The molecule has 1 aliphatic rings. The minimum Gasteiger partial charge on any atom is -0.496 e. The first-order chi connectivity index (χ1) is 16.5. The maximum atomic E-state index is 12.6. The number of rotatable bonds is 7. The number of methoxy groups -OCH3 is 3. The number of nitrogens with zero attached hydrogens (tertiary/aromatic N) is 2. The van der Waals surface area contributed by atoms with E-state index < -0.39 is 0 Å². The van der Waals surface area contributed by atoms with E-state index >= 15 is 0 Å². The van der Waals surface area contributed by atoms with Crippen LogP contribution in [0.2, 0.25) is 0 Å². The molecule has 0 saturated carbocycles. The molecule has 9 heteroatoms. The molecule has 34 heavy (non-hydrogen) atoms.